The van der Waals surface area contributed by atoms with Gasteiger partial charge in [-0.1, -0.05) is 12.1 Å². The molecule has 0 spiro atoms. The second kappa shape index (κ2) is 9.05. The van der Waals surface area contributed by atoms with E-state index in [0.717, 1.165) is 10.9 Å². The second-order valence-corrected chi connectivity index (χ2v) is 7.43. The van der Waals surface area contributed by atoms with Crippen molar-refractivity contribution in [3.8, 4) is 5.75 Å². The Morgan fingerprint density at radius 2 is 1.69 bits per heavy atom. The molecule has 0 N–H and O–H groups in total. The molecule has 8 heteroatoms. The molecule has 0 fully saturated rings. The van der Waals surface area contributed by atoms with Gasteiger partial charge in [-0.15, -0.1) is 0 Å². The van der Waals surface area contributed by atoms with Crippen LogP contribution in [0.1, 0.15) is 39.1 Å². The summed E-state index contributed by atoms with van der Waals surface area (Å²) in [5.41, 5.74) is 1.57. The zero-order chi connectivity index (χ0) is 22.7. The van der Waals surface area contributed by atoms with Gasteiger partial charge in [-0.25, -0.2) is 9.59 Å². The van der Waals surface area contributed by atoms with E-state index in [4.69, 9.17) is 13.9 Å². The first kappa shape index (κ1) is 21.3. The Morgan fingerprint density at radius 3 is 2.41 bits per heavy atom. The molecule has 164 valence electrons. The summed E-state index contributed by atoms with van der Waals surface area (Å²) in [5.74, 6) is -0.750. The second-order valence-electron chi connectivity index (χ2n) is 7.43. The van der Waals surface area contributed by atoms with Crippen LogP contribution in [0.4, 0.5) is 0 Å². The van der Waals surface area contributed by atoms with Crippen LogP contribution in [0.15, 0.2) is 57.7 Å². The molecule has 0 saturated heterocycles. The Bertz CT molecular complexity index is 1230. The lowest BCUT2D eigenvalue weighted by Crippen LogP contribution is -2.30. The number of imide groups is 1. The van der Waals surface area contributed by atoms with Gasteiger partial charge in [-0.05, 0) is 49.6 Å². The van der Waals surface area contributed by atoms with E-state index in [-0.39, 0.29) is 31.6 Å². The lowest BCUT2D eigenvalue weighted by atomic mass is 10.1. The van der Waals surface area contributed by atoms with E-state index in [9.17, 15) is 19.2 Å². The lowest BCUT2D eigenvalue weighted by molar-refractivity contribution is -0.146. The summed E-state index contributed by atoms with van der Waals surface area (Å²) in [7, 11) is 0. The van der Waals surface area contributed by atoms with E-state index >= 15 is 0 Å². The number of carbonyl (C=O) groups excluding carboxylic acids is 3. The minimum absolute atomic E-state index is 0.150. The molecule has 2 aromatic carbocycles. The number of carbonyl (C=O) groups is 3. The van der Waals surface area contributed by atoms with E-state index in [1.807, 2.05) is 6.92 Å². The minimum atomic E-state index is -0.545. The molecule has 0 atom stereocenters. The maximum atomic E-state index is 12.3. The highest BCUT2D eigenvalue weighted by molar-refractivity contribution is 6.21. The molecule has 0 radical (unpaired) electrons. The first-order valence-corrected chi connectivity index (χ1v) is 10.2. The summed E-state index contributed by atoms with van der Waals surface area (Å²) < 4.78 is 15.7. The van der Waals surface area contributed by atoms with Gasteiger partial charge in [-0.3, -0.25) is 14.5 Å². The molecule has 32 heavy (non-hydrogen) atoms. The summed E-state index contributed by atoms with van der Waals surface area (Å²) in [6.07, 6.45) is 1.02. The van der Waals surface area contributed by atoms with Crippen molar-refractivity contribution in [1.82, 2.24) is 4.90 Å². The third kappa shape index (κ3) is 4.39. The van der Waals surface area contributed by atoms with Gasteiger partial charge in [0.15, 0.2) is 6.61 Å². The third-order valence-corrected chi connectivity index (χ3v) is 5.20. The summed E-state index contributed by atoms with van der Waals surface area (Å²) in [6, 6.07) is 13.1. The normalized spacial score (nSPS) is 12.8. The van der Waals surface area contributed by atoms with Gasteiger partial charge in [0.1, 0.15) is 11.3 Å². The first-order chi connectivity index (χ1) is 15.4. The Labute approximate surface area is 183 Å². The van der Waals surface area contributed by atoms with Crippen LogP contribution in [-0.2, 0) is 9.53 Å². The van der Waals surface area contributed by atoms with E-state index in [1.165, 1.54) is 11.0 Å². The largest absolute Gasteiger partial charge is 0.482 e. The number of benzene rings is 2. The number of hydrogen-bond acceptors (Lipinski definition) is 7. The van der Waals surface area contributed by atoms with E-state index in [1.54, 1.807) is 42.5 Å². The van der Waals surface area contributed by atoms with Crippen LogP contribution in [0.3, 0.4) is 0 Å². The molecule has 0 aliphatic carbocycles. The molecule has 1 aliphatic rings. The number of rotatable bonds is 8. The van der Waals surface area contributed by atoms with Crippen molar-refractivity contribution >= 4 is 28.8 Å². The van der Waals surface area contributed by atoms with Gasteiger partial charge in [0.05, 0.1) is 17.7 Å². The van der Waals surface area contributed by atoms with Gasteiger partial charge >= 0.3 is 11.6 Å². The predicted molar refractivity (Wildman–Crippen MR) is 115 cm³/mol. The summed E-state index contributed by atoms with van der Waals surface area (Å²) in [6.45, 7) is 1.94. The molecule has 1 aliphatic heterocycles. The number of nitrogens with zero attached hydrogens (tertiary/aromatic N) is 1. The highest BCUT2D eigenvalue weighted by atomic mass is 16.6. The van der Waals surface area contributed by atoms with Crippen molar-refractivity contribution in [2.45, 2.75) is 19.8 Å². The average molecular weight is 435 g/mol. The lowest BCUT2D eigenvalue weighted by Gasteiger charge is -2.13. The summed E-state index contributed by atoms with van der Waals surface area (Å²) >= 11 is 0. The Balaban J connectivity index is 1.19. The van der Waals surface area contributed by atoms with Crippen molar-refractivity contribution in [3.63, 3.8) is 0 Å². The molecule has 0 bridgehead atoms. The number of ether oxygens (including phenoxy) is 2. The van der Waals surface area contributed by atoms with Crippen LogP contribution in [0.5, 0.6) is 5.75 Å². The standard InChI is InChI=1S/C24H21NO7/c1-15-12-21(26)32-20-13-16(8-9-17(15)20)31-14-22(27)30-11-5-4-10-25-23(28)18-6-2-3-7-19(18)24(25)29/h2-3,6-9,12-13H,4-5,10-11,14H2,1H3. The SMILES string of the molecule is Cc1cc(=O)oc2cc(OCC(=O)OCCCCN3C(=O)c4ccccc4C3=O)ccc12. The molecule has 2 amide bonds. The van der Waals surface area contributed by atoms with E-state index in [2.05, 4.69) is 0 Å². The number of aryl methyl sites for hydroxylation is 1. The third-order valence-electron chi connectivity index (χ3n) is 5.20. The number of hydrogen-bond donors (Lipinski definition) is 0. The van der Waals surface area contributed by atoms with Gasteiger partial charge in [0.2, 0.25) is 0 Å². The van der Waals surface area contributed by atoms with Gasteiger partial charge in [0.25, 0.3) is 11.8 Å². The van der Waals surface area contributed by atoms with Crippen LogP contribution in [0, 0.1) is 6.92 Å². The molecule has 0 unspecified atom stereocenters. The zero-order valence-electron chi connectivity index (χ0n) is 17.5. The molecule has 0 saturated carbocycles. The Kier molecular flexibility index (Phi) is 6.02. The van der Waals surface area contributed by atoms with Crippen LogP contribution >= 0.6 is 0 Å². The molecule has 2 heterocycles. The van der Waals surface area contributed by atoms with Crippen molar-refractivity contribution in [2.24, 2.45) is 0 Å². The minimum Gasteiger partial charge on any atom is -0.482 e. The maximum Gasteiger partial charge on any atom is 0.344 e. The first-order valence-electron chi connectivity index (χ1n) is 10.2. The quantitative estimate of drug-likeness (QED) is 0.232. The molecular formula is C24H21NO7. The van der Waals surface area contributed by atoms with Crippen LogP contribution in [0.2, 0.25) is 0 Å². The summed E-state index contributed by atoms with van der Waals surface area (Å²) in [5, 5.41) is 0.789. The van der Waals surface area contributed by atoms with Gasteiger partial charge < -0.3 is 13.9 Å². The molecule has 8 nitrogen and oxygen atoms in total. The van der Waals surface area contributed by atoms with Gasteiger partial charge in [-0.2, -0.15) is 0 Å². The van der Waals surface area contributed by atoms with Crippen LogP contribution < -0.4 is 10.4 Å². The van der Waals surface area contributed by atoms with Crippen molar-refractivity contribution in [2.75, 3.05) is 19.8 Å². The number of esters is 1. The number of fused-ring (bicyclic) bond motifs is 2. The fourth-order valence-corrected chi connectivity index (χ4v) is 3.58. The topological polar surface area (TPSA) is 103 Å². The Morgan fingerprint density at radius 1 is 0.969 bits per heavy atom. The monoisotopic (exact) mass is 435 g/mol. The Hall–Kier alpha value is -3.94. The smallest absolute Gasteiger partial charge is 0.344 e. The molecule has 3 aromatic rings. The summed E-state index contributed by atoms with van der Waals surface area (Å²) in [4.78, 5) is 49.2. The fourth-order valence-electron chi connectivity index (χ4n) is 3.58. The van der Waals surface area contributed by atoms with Crippen molar-refractivity contribution in [1.29, 1.82) is 0 Å². The zero-order valence-corrected chi connectivity index (χ0v) is 17.5. The van der Waals surface area contributed by atoms with Crippen molar-refractivity contribution in [3.05, 3.63) is 75.6 Å². The number of amides is 2. The van der Waals surface area contributed by atoms with Crippen LogP contribution in [0.25, 0.3) is 11.0 Å². The molecule has 1 aromatic heterocycles. The highest BCUT2D eigenvalue weighted by Gasteiger charge is 2.34. The van der Waals surface area contributed by atoms with E-state index < -0.39 is 11.6 Å². The fraction of sp³-hybridized carbons (Fsp3) is 0.250. The van der Waals surface area contributed by atoms with E-state index in [0.29, 0.717) is 35.3 Å². The number of unbranched alkanes of at least 4 members (excludes halogenated alkanes) is 1. The average Bonchev–Trinajstić information content (AvgIpc) is 3.02. The van der Waals surface area contributed by atoms with Gasteiger partial charge in [0, 0.05) is 24.1 Å². The van der Waals surface area contributed by atoms with Crippen molar-refractivity contribution < 1.29 is 28.3 Å². The van der Waals surface area contributed by atoms with Crippen LogP contribution in [-0.4, -0.2) is 42.4 Å². The predicted octanol–water partition coefficient (Wildman–Crippen LogP) is 3.10. The molecule has 4 rings (SSSR count). The molecular weight excluding hydrogens is 414 g/mol. The maximum absolute atomic E-state index is 12.3. The highest BCUT2D eigenvalue weighted by Crippen LogP contribution is 2.23.